The zero-order chi connectivity index (χ0) is 23.9. The molecule has 0 aromatic rings. The molecule has 6 nitrogen and oxygen atoms in total. The number of hydrogen-bond donors (Lipinski definition) is 0. The molecular formula is C27H34N2O4. The summed E-state index contributed by atoms with van der Waals surface area (Å²) in [4.78, 5) is 53.5. The van der Waals surface area contributed by atoms with Gasteiger partial charge in [0, 0.05) is 0 Å². The number of amides is 4. The SMILES string of the molecule is C=CCC.C=CCC.O=C1C2C3C=CC(C3)C2C(=O)N1CN1C(=O)C2C3C=CC(C3)C2C1=O. The van der Waals surface area contributed by atoms with Gasteiger partial charge in [0.15, 0.2) is 0 Å². The van der Waals surface area contributed by atoms with Crippen molar-refractivity contribution in [3.8, 4) is 0 Å². The summed E-state index contributed by atoms with van der Waals surface area (Å²) < 4.78 is 0. The lowest BCUT2D eigenvalue weighted by molar-refractivity contribution is -0.149. The van der Waals surface area contributed by atoms with Crippen molar-refractivity contribution in [3.63, 3.8) is 0 Å². The molecule has 0 aromatic carbocycles. The quantitative estimate of drug-likeness (QED) is 0.483. The Labute approximate surface area is 196 Å². The molecule has 8 unspecified atom stereocenters. The molecule has 0 N–H and O–H groups in total. The first-order valence-corrected chi connectivity index (χ1v) is 12.2. The number of likely N-dealkylation sites (tertiary alicyclic amines) is 2. The molecule has 2 saturated heterocycles. The number of carbonyl (C=O) groups excluding carboxylic acids is 4. The second-order valence-corrected chi connectivity index (χ2v) is 9.74. The van der Waals surface area contributed by atoms with Crippen LogP contribution in [0.1, 0.15) is 39.5 Å². The molecule has 0 spiro atoms. The number of carbonyl (C=O) groups is 4. The summed E-state index contributed by atoms with van der Waals surface area (Å²) in [5, 5.41) is 0. The molecule has 6 heteroatoms. The Morgan fingerprint density at radius 1 is 0.667 bits per heavy atom. The maximum absolute atomic E-state index is 12.8. The first-order valence-electron chi connectivity index (χ1n) is 12.2. The molecule has 2 heterocycles. The summed E-state index contributed by atoms with van der Waals surface area (Å²) in [6.45, 7) is 10.9. The minimum atomic E-state index is -0.285. The van der Waals surface area contributed by atoms with Gasteiger partial charge in [-0.25, -0.2) is 0 Å². The average molecular weight is 451 g/mol. The Balaban J connectivity index is 0.000000285. The van der Waals surface area contributed by atoms with Gasteiger partial charge in [-0.1, -0.05) is 50.3 Å². The van der Waals surface area contributed by atoms with Crippen molar-refractivity contribution in [3.05, 3.63) is 49.6 Å². The normalized spacial score (nSPS) is 38.2. The van der Waals surface area contributed by atoms with E-state index in [1.165, 1.54) is 9.80 Å². The monoisotopic (exact) mass is 450 g/mol. The Morgan fingerprint density at radius 2 is 0.909 bits per heavy atom. The summed E-state index contributed by atoms with van der Waals surface area (Å²) in [5.74, 6) is -1.39. The van der Waals surface area contributed by atoms with Crippen LogP contribution in [-0.4, -0.2) is 40.1 Å². The molecule has 2 saturated carbocycles. The molecule has 4 amide bonds. The summed E-state index contributed by atoms with van der Waals surface area (Å²) >= 11 is 0. The van der Waals surface area contributed by atoms with Gasteiger partial charge in [0.1, 0.15) is 6.67 Å². The first-order chi connectivity index (χ1) is 15.9. The molecule has 6 rings (SSSR count). The Hall–Kier alpha value is -2.76. The number of imide groups is 2. The van der Waals surface area contributed by atoms with E-state index in [-0.39, 0.29) is 77.6 Å². The fourth-order valence-electron chi connectivity index (χ4n) is 6.35. The Bertz CT molecular complexity index is 800. The third-order valence-electron chi connectivity index (χ3n) is 7.98. The van der Waals surface area contributed by atoms with Crippen LogP contribution in [0.25, 0.3) is 0 Å². The van der Waals surface area contributed by atoms with Crippen molar-refractivity contribution < 1.29 is 19.2 Å². The van der Waals surface area contributed by atoms with Gasteiger partial charge in [0.05, 0.1) is 23.7 Å². The van der Waals surface area contributed by atoms with E-state index in [1.54, 1.807) is 0 Å². The minimum absolute atomic E-state index is 0.140. The molecule has 4 aliphatic carbocycles. The highest BCUT2D eigenvalue weighted by Gasteiger charge is 2.62. The van der Waals surface area contributed by atoms with Crippen molar-refractivity contribution in [1.29, 1.82) is 0 Å². The average Bonchev–Trinajstić information content (AvgIpc) is 3.66. The summed E-state index contributed by atoms with van der Waals surface area (Å²) in [5.41, 5.74) is 0. The highest BCUT2D eigenvalue weighted by molar-refractivity contribution is 6.09. The highest BCUT2D eigenvalue weighted by Crippen LogP contribution is 2.54. The van der Waals surface area contributed by atoms with Crippen LogP contribution < -0.4 is 0 Å². The number of rotatable bonds is 4. The zero-order valence-corrected chi connectivity index (χ0v) is 19.6. The van der Waals surface area contributed by atoms with Crippen LogP contribution in [0.4, 0.5) is 0 Å². The lowest BCUT2D eigenvalue weighted by Gasteiger charge is -2.24. The molecule has 33 heavy (non-hydrogen) atoms. The van der Waals surface area contributed by atoms with Gasteiger partial charge in [0.2, 0.25) is 23.6 Å². The van der Waals surface area contributed by atoms with Crippen LogP contribution in [-0.2, 0) is 19.2 Å². The summed E-state index contributed by atoms with van der Waals surface area (Å²) in [7, 11) is 0. The van der Waals surface area contributed by atoms with Crippen LogP contribution in [0.5, 0.6) is 0 Å². The van der Waals surface area contributed by atoms with Crippen LogP contribution in [0.3, 0.4) is 0 Å². The van der Waals surface area contributed by atoms with Crippen molar-refractivity contribution in [2.45, 2.75) is 39.5 Å². The third kappa shape index (κ3) is 3.64. The lowest BCUT2D eigenvalue weighted by Crippen LogP contribution is -2.46. The number of hydrogen-bond acceptors (Lipinski definition) is 4. The molecule has 176 valence electrons. The highest BCUT2D eigenvalue weighted by atomic mass is 16.2. The van der Waals surface area contributed by atoms with E-state index in [1.807, 2.05) is 36.5 Å². The van der Waals surface area contributed by atoms with E-state index in [0.29, 0.717) is 0 Å². The molecule has 6 aliphatic rings. The van der Waals surface area contributed by atoms with Crippen LogP contribution in [0, 0.1) is 47.3 Å². The van der Waals surface area contributed by atoms with E-state index >= 15 is 0 Å². The van der Waals surface area contributed by atoms with Gasteiger partial charge in [-0.15, -0.1) is 13.2 Å². The van der Waals surface area contributed by atoms with E-state index in [0.717, 1.165) is 25.7 Å². The Kier molecular flexibility index (Phi) is 6.55. The standard InChI is InChI=1S/C19H18N2O4.2C4H8/c22-16-12-8-1-2-9(5-8)13(12)17(23)20(16)7-21-18(24)14-10-3-4-11(6-10)15(14)19(21)25;2*1-3-4-2/h1-4,8-15H,5-7H2;2*3H,1,4H2,2H3. The second-order valence-electron chi connectivity index (χ2n) is 9.74. The number of allylic oxidation sites excluding steroid dienone is 6. The van der Waals surface area contributed by atoms with E-state index in [4.69, 9.17) is 0 Å². The van der Waals surface area contributed by atoms with Gasteiger partial charge in [-0.05, 0) is 49.4 Å². The van der Waals surface area contributed by atoms with Crippen molar-refractivity contribution in [2.75, 3.05) is 6.67 Å². The van der Waals surface area contributed by atoms with Gasteiger partial charge in [0.25, 0.3) is 0 Å². The third-order valence-corrected chi connectivity index (χ3v) is 7.98. The van der Waals surface area contributed by atoms with Crippen LogP contribution in [0.15, 0.2) is 49.6 Å². The number of fused-ring (bicyclic) bond motifs is 10. The smallest absolute Gasteiger partial charge is 0.235 e. The van der Waals surface area contributed by atoms with E-state index in [9.17, 15) is 19.2 Å². The molecule has 0 aromatic heterocycles. The second kappa shape index (κ2) is 9.24. The fraction of sp³-hybridized carbons (Fsp3) is 0.556. The molecule has 8 atom stereocenters. The summed E-state index contributed by atoms with van der Waals surface area (Å²) in [6.07, 6.45) is 15.8. The van der Waals surface area contributed by atoms with Crippen LogP contribution in [0.2, 0.25) is 0 Å². The maximum Gasteiger partial charge on any atom is 0.235 e. The maximum atomic E-state index is 12.8. The summed E-state index contributed by atoms with van der Waals surface area (Å²) in [6, 6.07) is 0. The lowest BCUT2D eigenvalue weighted by atomic mass is 9.85. The zero-order valence-electron chi connectivity index (χ0n) is 19.6. The fourth-order valence-corrected chi connectivity index (χ4v) is 6.35. The molecule has 4 fully saturated rings. The predicted molar refractivity (Wildman–Crippen MR) is 125 cm³/mol. The van der Waals surface area contributed by atoms with Gasteiger partial charge >= 0.3 is 0 Å². The van der Waals surface area contributed by atoms with Gasteiger partial charge in [-0.2, -0.15) is 0 Å². The molecule has 4 bridgehead atoms. The van der Waals surface area contributed by atoms with Crippen LogP contribution >= 0.6 is 0 Å². The number of nitrogens with zero attached hydrogens (tertiary/aromatic N) is 2. The molecule has 2 aliphatic heterocycles. The van der Waals surface area contributed by atoms with E-state index in [2.05, 4.69) is 27.0 Å². The first kappa shape index (κ1) is 23.4. The molecule has 0 radical (unpaired) electrons. The largest absolute Gasteiger partial charge is 0.274 e. The predicted octanol–water partition coefficient (Wildman–Crippen LogP) is 3.72. The van der Waals surface area contributed by atoms with Crippen molar-refractivity contribution in [2.24, 2.45) is 47.3 Å². The van der Waals surface area contributed by atoms with Crippen molar-refractivity contribution in [1.82, 2.24) is 9.80 Å². The topological polar surface area (TPSA) is 74.8 Å². The van der Waals surface area contributed by atoms with E-state index < -0.39 is 0 Å². The van der Waals surface area contributed by atoms with Gasteiger partial charge in [-0.3, -0.25) is 29.0 Å². The van der Waals surface area contributed by atoms with Gasteiger partial charge < -0.3 is 0 Å². The van der Waals surface area contributed by atoms with Crippen molar-refractivity contribution >= 4 is 23.6 Å². The minimum Gasteiger partial charge on any atom is -0.274 e. The Morgan fingerprint density at radius 3 is 1.12 bits per heavy atom. The molecular weight excluding hydrogens is 416 g/mol.